The normalized spacial score (nSPS) is 19.1. The fourth-order valence-electron chi connectivity index (χ4n) is 2.18. The van der Waals surface area contributed by atoms with Crippen LogP contribution in [0.2, 0.25) is 0 Å². The number of hydrogen-bond donors (Lipinski definition) is 1. The third-order valence-corrected chi connectivity index (χ3v) is 5.19. The molecule has 1 fully saturated rings. The number of nitrogens with two attached hydrogens (primary N) is 1. The maximum atomic E-state index is 12.0. The lowest BCUT2D eigenvalue weighted by Crippen LogP contribution is -2.32. The molecule has 8 nitrogen and oxygen atoms in total. The number of nitro benzene ring substituents is 1. The Balaban J connectivity index is 2.45. The maximum Gasteiger partial charge on any atom is 0.274 e. The second-order valence-electron chi connectivity index (χ2n) is 4.77. The third kappa shape index (κ3) is 3.06. The Kier molecular flexibility index (Phi) is 4.04. The number of nitrogens with zero attached hydrogens (tertiary/aromatic N) is 2. The number of anilines is 1. The molecule has 1 atom stereocenters. The molecule has 1 aliphatic rings. The van der Waals surface area contributed by atoms with Crippen LogP contribution in [0.4, 0.5) is 11.4 Å². The Hall–Kier alpha value is -1.52. The Morgan fingerprint density at radius 2 is 2.10 bits per heavy atom. The molecule has 0 saturated carbocycles. The van der Waals surface area contributed by atoms with Crippen LogP contribution in [0, 0.1) is 17.0 Å². The third-order valence-electron chi connectivity index (χ3n) is 3.31. The van der Waals surface area contributed by atoms with Crippen molar-refractivity contribution in [2.75, 3.05) is 11.4 Å². The number of primary sulfonamides is 1. The molecule has 2 N–H and O–H groups in total. The van der Waals surface area contributed by atoms with Crippen LogP contribution in [0.15, 0.2) is 16.6 Å². The minimum atomic E-state index is -3.84. The molecular weight excluding hydrogens is 366 g/mol. The highest BCUT2D eigenvalue weighted by Gasteiger charge is 2.38. The van der Waals surface area contributed by atoms with Crippen LogP contribution in [0.25, 0.3) is 0 Å². The second-order valence-corrected chi connectivity index (χ2v) is 7.47. The summed E-state index contributed by atoms with van der Waals surface area (Å²) < 4.78 is 23.2. The van der Waals surface area contributed by atoms with Crippen LogP contribution in [-0.4, -0.2) is 31.0 Å². The van der Waals surface area contributed by atoms with Gasteiger partial charge >= 0.3 is 0 Å². The lowest BCUT2D eigenvalue weighted by Gasteiger charge is -2.18. The SMILES string of the molecule is Cc1cc(Br)c(N2CC(S(N)(=O)=O)CC2=O)cc1[N+](=O)[O-]. The zero-order valence-electron chi connectivity index (χ0n) is 10.9. The molecule has 2 rings (SSSR count). The number of rotatable bonds is 3. The predicted octanol–water partition coefficient (Wildman–Crippen LogP) is 1.06. The molecule has 0 aromatic heterocycles. The zero-order valence-corrected chi connectivity index (χ0v) is 13.3. The van der Waals surface area contributed by atoms with Gasteiger partial charge in [-0.1, -0.05) is 0 Å². The molecule has 1 aromatic rings. The van der Waals surface area contributed by atoms with E-state index in [-0.39, 0.29) is 24.3 Å². The molecular formula is C11H12BrN3O5S. The van der Waals surface area contributed by atoms with Gasteiger partial charge in [0.1, 0.15) is 5.25 Å². The van der Waals surface area contributed by atoms with E-state index in [2.05, 4.69) is 15.9 Å². The molecule has 0 spiro atoms. The fourth-order valence-corrected chi connectivity index (χ4v) is 3.59. The average molecular weight is 378 g/mol. The number of carbonyl (C=O) groups is 1. The van der Waals surface area contributed by atoms with Gasteiger partial charge in [-0.15, -0.1) is 0 Å². The van der Waals surface area contributed by atoms with Crippen molar-refractivity contribution in [1.29, 1.82) is 0 Å². The number of hydrogen-bond acceptors (Lipinski definition) is 5. The second kappa shape index (κ2) is 5.35. The summed E-state index contributed by atoms with van der Waals surface area (Å²) in [4.78, 5) is 23.6. The van der Waals surface area contributed by atoms with E-state index in [1.54, 1.807) is 6.92 Å². The predicted molar refractivity (Wildman–Crippen MR) is 79.4 cm³/mol. The van der Waals surface area contributed by atoms with Crippen LogP contribution >= 0.6 is 15.9 Å². The van der Waals surface area contributed by atoms with E-state index in [9.17, 15) is 23.3 Å². The van der Waals surface area contributed by atoms with Gasteiger partial charge in [-0.25, -0.2) is 13.6 Å². The highest BCUT2D eigenvalue weighted by atomic mass is 79.9. The van der Waals surface area contributed by atoms with Crippen LogP contribution in [0.3, 0.4) is 0 Å². The molecule has 0 radical (unpaired) electrons. The summed E-state index contributed by atoms with van der Waals surface area (Å²) in [5.74, 6) is -0.437. The summed E-state index contributed by atoms with van der Waals surface area (Å²) in [6.07, 6.45) is -0.229. The van der Waals surface area contributed by atoms with Crippen LogP contribution in [0.1, 0.15) is 12.0 Å². The number of aryl methyl sites for hydroxylation is 1. The monoisotopic (exact) mass is 377 g/mol. The van der Waals surface area contributed by atoms with Crippen molar-refractivity contribution in [3.63, 3.8) is 0 Å². The van der Waals surface area contributed by atoms with Gasteiger partial charge in [0, 0.05) is 29.1 Å². The van der Waals surface area contributed by atoms with Crippen LogP contribution < -0.4 is 10.0 Å². The Labute approximate surface area is 129 Å². The van der Waals surface area contributed by atoms with E-state index < -0.39 is 26.1 Å². The molecule has 1 saturated heterocycles. The van der Waals surface area contributed by atoms with Gasteiger partial charge in [0.25, 0.3) is 5.69 Å². The topological polar surface area (TPSA) is 124 Å². The molecule has 1 heterocycles. The van der Waals surface area contributed by atoms with Crippen molar-refractivity contribution < 1.29 is 18.1 Å². The van der Waals surface area contributed by atoms with Gasteiger partial charge in [-0.3, -0.25) is 14.9 Å². The van der Waals surface area contributed by atoms with Gasteiger partial charge < -0.3 is 4.90 Å². The van der Waals surface area contributed by atoms with E-state index in [1.807, 2.05) is 0 Å². The standard InChI is InChI=1S/C11H12BrN3O5S/c1-6-2-8(12)10(4-9(6)15(17)18)14-5-7(3-11(14)16)21(13,19)20/h2,4,7H,3,5H2,1H3,(H2,13,19,20). The van der Waals surface area contributed by atoms with Crippen molar-refractivity contribution in [2.45, 2.75) is 18.6 Å². The zero-order chi connectivity index (χ0) is 15.9. The van der Waals surface area contributed by atoms with Gasteiger partial charge in [-0.05, 0) is 28.9 Å². The Morgan fingerprint density at radius 1 is 1.48 bits per heavy atom. The minimum absolute atomic E-state index is 0.115. The van der Waals surface area contributed by atoms with E-state index in [0.717, 1.165) is 0 Å². The first-order valence-corrected chi connectivity index (χ1v) is 8.28. The summed E-state index contributed by atoms with van der Waals surface area (Å²) in [6, 6.07) is 2.77. The van der Waals surface area contributed by atoms with Crippen LogP contribution in [0.5, 0.6) is 0 Å². The number of carbonyl (C=O) groups excluding carboxylic acids is 1. The van der Waals surface area contributed by atoms with Crippen molar-refractivity contribution in [1.82, 2.24) is 0 Å². The molecule has 1 unspecified atom stereocenters. The lowest BCUT2D eigenvalue weighted by atomic mass is 10.1. The average Bonchev–Trinajstić information content (AvgIpc) is 2.70. The Bertz CT molecular complexity index is 734. The van der Waals surface area contributed by atoms with Gasteiger partial charge in [0.05, 0.1) is 10.6 Å². The fraction of sp³-hybridized carbons (Fsp3) is 0.364. The first-order valence-electron chi connectivity index (χ1n) is 5.87. The van der Waals surface area contributed by atoms with Gasteiger partial charge in [0.15, 0.2) is 0 Å². The molecule has 1 aromatic carbocycles. The maximum absolute atomic E-state index is 12.0. The number of halogens is 1. The molecule has 114 valence electrons. The van der Waals surface area contributed by atoms with Gasteiger partial charge in [-0.2, -0.15) is 0 Å². The van der Waals surface area contributed by atoms with Crippen molar-refractivity contribution >= 4 is 43.2 Å². The highest BCUT2D eigenvalue weighted by molar-refractivity contribution is 9.10. The molecule has 10 heteroatoms. The number of sulfonamides is 1. The van der Waals surface area contributed by atoms with E-state index in [0.29, 0.717) is 10.0 Å². The first kappa shape index (κ1) is 15.9. The smallest absolute Gasteiger partial charge is 0.274 e. The van der Waals surface area contributed by atoms with E-state index in [1.165, 1.54) is 17.0 Å². The molecule has 1 aliphatic heterocycles. The molecule has 1 amide bonds. The van der Waals surface area contributed by atoms with Crippen molar-refractivity contribution in [2.24, 2.45) is 5.14 Å². The quantitative estimate of drug-likeness (QED) is 0.622. The van der Waals surface area contributed by atoms with Gasteiger partial charge in [0.2, 0.25) is 15.9 Å². The summed E-state index contributed by atoms with van der Waals surface area (Å²) in [5.41, 5.74) is 0.564. The summed E-state index contributed by atoms with van der Waals surface area (Å²) in [7, 11) is -3.84. The number of nitro groups is 1. The first-order chi connectivity index (χ1) is 9.61. The summed E-state index contributed by atoms with van der Waals surface area (Å²) >= 11 is 3.24. The molecule has 0 aliphatic carbocycles. The number of amides is 1. The van der Waals surface area contributed by atoms with Crippen molar-refractivity contribution in [3.05, 3.63) is 32.3 Å². The Morgan fingerprint density at radius 3 is 2.57 bits per heavy atom. The van der Waals surface area contributed by atoms with E-state index in [4.69, 9.17) is 5.14 Å². The molecule has 0 bridgehead atoms. The summed E-state index contributed by atoms with van der Waals surface area (Å²) in [6.45, 7) is 1.46. The minimum Gasteiger partial charge on any atom is -0.310 e. The summed E-state index contributed by atoms with van der Waals surface area (Å²) in [5, 5.41) is 15.0. The van der Waals surface area contributed by atoms with Crippen LogP contribution in [-0.2, 0) is 14.8 Å². The number of benzene rings is 1. The largest absolute Gasteiger partial charge is 0.310 e. The highest BCUT2D eigenvalue weighted by Crippen LogP contribution is 2.36. The van der Waals surface area contributed by atoms with Crippen molar-refractivity contribution in [3.8, 4) is 0 Å². The van der Waals surface area contributed by atoms with E-state index >= 15 is 0 Å². The lowest BCUT2D eigenvalue weighted by molar-refractivity contribution is -0.385. The molecule has 21 heavy (non-hydrogen) atoms.